The van der Waals surface area contributed by atoms with Gasteiger partial charge >= 0.3 is 0 Å². The number of rotatable bonds is 3. The van der Waals surface area contributed by atoms with Gasteiger partial charge in [0.1, 0.15) is 12.0 Å². The second kappa shape index (κ2) is 6.93. The summed E-state index contributed by atoms with van der Waals surface area (Å²) in [5, 5.41) is 1.79. The van der Waals surface area contributed by atoms with E-state index in [1.165, 1.54) is 11.3 Å². The van der Waals surface area contributed by atoms with Crippen molar-refractivity contribution in [1.29, 1.82) is 0 Å². The van der Waals surface area contributed by atoms with Crippen molar-refractivity contribution in [2.24, 2.45) is 5.92 Å². The highest BCUT2D eigenvalue weighted by molar-refractivity contribution is 7.07. The third-order valence-corrected chi connectivity index (χ3v) is 4.22. The molecule has 2 aromatic rings. The van der Waals surface area contributed by atoms with Crippen molar-refractivity contribution in [3.8, 4) is 0 Å². The molecule has 1 atom stereocenters. The van der Waals surface area contributed by atoms with Crippen LogP contribution in [0.3, 0.4) is 0 Å². The normalized spacial score (nSPS) is 19.0. The lowest BCUT2D eigenvalue weighted by Crippen LogP contribution is -2.36. The Bertz CT molecular complexity index is 632. The summed E-state index contributed by atoms with van der Waals surface area (Å²) in [6, 6.07) is 1.98. The van der Waals surface area contributed by atoms with Crippen molar-refractivity contribution in [2.75, 3.05) is 26.3 Å². The summed E-state index contributed by atoms with van der Waals surface area (Å²) in [6.07, 6.45) is 2.37. The number of nitrogens with zero attached hydrogens (tertiary/aromatic N) is 4. The van der Waals surface area contributed by atoms with Gasteiger partial charge in [-0.15, -0.1) is 11.3 Å². The van der Waals surface area contributed by atoms with Crippen LogP contribution in [0.4, 0.5) is 0 Å². The van der Waals surface area contributed by atoms with Crippen molar-refractivity contribution in [3.05, 3.63) is 40.4 Å². The van der Waals surface area contributed by atoms with Crippen LogP contribution in [0.5, 0.6) is 0 Å². The molecule has 1 fully saturated rings. The van der Waals surface area contributed by atoms with Gasteiger partial charge in [-0.1, -0.05) is 0 Å². The molecule has 0 unspecified atom stereocenters. The molecular formula is C15H18N4O2S. The zero-order valence-electron chi connectivity index (χ0n) is 12.4. The van der Waals surface area contributed by atoms with Crippen LogP contribution in [0.2, 0.25) is 0 Å². The van der Waals surface area contributed by atoms with Crippen LogP contribution in [0, 0.1) is 12.8 Å². The maximum absolute atomic E-state index is 12.5. The Kier molecular flexibility index (Phi) is 4.74. The molecule has 0 bridgehead atoms. The molecule has 1 amide bonds. The minimum atomic E-state index is -0.0179. The Balaban J connectivity index is 1.68. The fourth-order valence-corrected chi connectivity index (χ4v) is 3.11. The number of carbonyl (C=O) groups is 1. The highest BCUT2D eigenvalue weighted by Gasteiger charge is 2.24. The zero-order valence-corrected chi connectivity index (χ0v) is 13.3. The predicted molar refractivity (Wildman–Crippen MR) is 82.8 cm³/mol. The number of aromatic nitrogens is 3. The standard InChI is InChI=1S/C15H18N4O2S/c1-11-4-13(17-9-16-11)5-12-6-19(2-3-21-7-12)15(20)14-8-22-10-18-14/h4,8-10,12H,2-3,5-7H2,1H3/t12-/m0/s1. The predicted octanol–water partition coefficient (Wildman–Crippen LogP) is 1.57. The Morgan fingerprint density at radius 2 is 2.36 bits per heavy atom. The van der Waals surface area contributed by atoms with Crippen LogP contribution in [-0.4, -0.2) is 52.1 Å². The minimum Gasteiger partial charge on any atom is -0.379 e. The van der Waals surface area contributed by atoms with Crippen molar-refractivity contribution in [2.45, 2.75) is 13.3 Å². The molecule has 1 aliphatic rings. The van der Waals surface area contributed by atoms with E-state index in [0.717, 1.165) is 17.8 Å². The lowest BCUT2D eigenvalue weighted by atomic mass is 10.0. The van der Waals surface area contributed by atoms with Gasteiger partial charge in [-0.3, -0.25) is 4.79 Å². The average Bonchev–Trinajstić information content (AvgIpc) is 2.94. The van der Waals surface area contributed by atoms with E-state index in [9.17, 15) is 4.79 Å². The topological polar surface area (TPSA) is 68.2 Å². The van der Waals surface area contributed by atoms with Gasteiger partial charge in [-0.25, -0.2) is 15.0 Å². The Morgan fingerprint density at radius 1 is 1.45 bits per heavy atom. The third kappa shape index (κ3) is 3.66. The summed E-state index contributed by atoms with van der Waals surface area (Å²) >= 11 is 1.44. The van der Waals surface area contributed by atoms with E-state index in [-0.39, 0.29) is 11.8 Å². The maximum atomic E-state index is 12.5. The molecule has 22 heavy (non-hydrogen) atoms. The van der Waals surface area contributed by atoms with E-state index >= 15 is 0 Å². The maximum Gasteiger partial charge on any atom is 0.273 e. The smallest absolute Gasteiger partial charge is 0.273 e. The molecule has 116 valence electrons. The number of hydrogen-bond acceptors (Lipinski definition) is 6. The van der Waals surface area contributed by atoms with Crippen LogP contribution >= 0.6 is 11.3 Å². The highest BCUT2D eigenvalue weighted by atomic mass is 32.1. The zero-order chi connectivity index (χ0) is 15.4. The average molecular weight is 318 g/mol. The van der Waals surface area contributed by atoms with E-state index in [4.69, 9.17) is 4.74 Å². The van der Waals surface area contributed by atoms with Gasteiger partial charge in [0.05, 0.1) is 18.7 Å². The van der Waals surface area contributed by atoms with Crippen LogP contribution in [0.1, 0.15) is 21.9 Å². The fraction of sp³-hybridized carbons (Fsp3) is 0.467. The molecule has 0 N–H and O–H groups in total. The summed E-state index contributed by atoms with van der Waals surface area (Å²) in [4.78, 5) is 26.8. The van der Waals surface area contributed by atoms with Gasteiger partial charge in [0.15, 0.2) is 0 Å². The highest BCUT2D eigenvalue weighted by Crippen LogP contribution is 2.15. The lowest BCUT2D eigenvalue weighted by molar-refractivity contribution is 0.0732. The largest absolute Gasteiger partial charge is 0.379 e. The molecule has 0 saturated carbocycles. The first-order valence-electron chi connectivity index (χ1n) is 7.25. The molecule has 3 heterocycles. The van der Waals surface area contributed by atoms with Crippen LogP contribution < -0.4 is 0 Å². The second-order valence-electron chi connectivity index (χ2n) is 5.42. The summed E-state index contributed by atoms with van der Waals surface area (Å²) in [7, 11) is 0. The number of aryl methyl sites for hydroxylation is 1. The third-order valence-electron chi connectivity index (χ3n) is 3.63. The molecule has 0 aromatic carbocycles. The molecule has 3 rings (SSSR count). The molecule has 0 radical (unpaired) electrons. The number of hydrogen-bond donors (Lipinski definition) is 0. The molecule has 6 nitrogen and oxygen atoms in total. The number of ether oxygens (including phenoxy) is 1. The quantitative estimate of drug-likeness (QED) is 0.859. The molecule has 0 spiro atoms. The van der Waals surface area contributed by atoms with E-state index in [0.29, 0.717) is 32.0 Å². The van der Waals surface area contributed by atoms with Crippen LogP contribution in [0.15, 0.2) is 23.3 Å². The van der Waals surface area contributed by atoms with Gasteiger partial charge in [-0.2, -0.15) is 0 Å². The molecule has 2 aromatic heterocycles. The van der Waals surface area contributed by atoms with E-state index in [1.807, 2.05) is 17.9 Å². The Labute approximate surface area is 133 Å². The first-order valence-corrected chi connectivity index (χ1v) is 8.19. The van der Waals surface area contributed by atoms with Crippen molar-refractivity contribution >= 4 is 17.2 Å². The van der Waals surface area contributed by atoms with Gasteiger partial charge in [0.25, 0.3) is 5.91 Å². The van der Waals surface area contributed by atoms with Crippen molar-refractivity contribution in [3.63, 3.8) is 0 Å². The van der Waals surface area contributed by atoms with Crippen LogP contribution in [-0.2, 0) is 11.2 Å². The number of amides is 1. The van der Waals surface area contributed by atoms with E-state index < -0.39 is 0 Å². The van der Waals surface area contributed by atoms with Crippen molar-refractivity contribution in [1.82, 2.24) is 19.9 Å². The molecular weight excluding hydrogens is 300 g/mol. The van der Waals surface area contributed by atoms with Gasteiger partial charge in [-0.05, 0) is 19.4 Å². The van der Waals surface area contributed by atoms with E-state index in [2.05, 4.69) is 15.0 Å². The van der Waals surface area contributed by atoms with Gasteiger partial charge in [0, 0.05) is 35.8 Å². The van der Waals surface area contributed by atoms with Crippen LogP contribution in [0.25, 0.3) is 0 Å². The molecule has 1 aliphatic heterocycles. The minimum absolute atomic E-state index is 0.0179. The Morgan fingerprint density at radius 3 is 3.14 bits per heavy atom. The lowest BCUT2D eigenvalue weighted by Gasteiger charge is -2.22. The summed E-state index contributed by atoms with van der Waals surface area (Å²) in [5.74, 6) is 0.218. The van der Waals surface area contributed by atoms with Gasteiger partial charge < -0.3 is 9.64 Å². The van der Waals surface area contributed by atoms with E-state index in [1.54, 1.807) is 17.2 Å². The fourth-order valence-electron chi connectivity index (χ4n) is 2.59. The molecule has 7 heteroatoms. The van der Waals surface area contributed by atoms with Gasteiger partial charge in [0.2, 0.25) is 0 Å². The summed E-state index contributed by atoms with van der Waals surface area (Å²) < 4.78 is 5.65. The monoisotopic (exact) mass is 318 g/mol. The summed E-state index contributed by atoms with van der Waals surface area (Å²) in [5.41, 5.74) is 4.14. The first kappa shape index (κ1) is 15.1. The first-order chi connectivity index (χ1) is 10.7. The number of thiazole rings is 1. The number of carbonyl (C=O) groups excluding carboxylic acids is 1. The molecule has 1 saturated heterocycles. The second-order valence-corrected chi connectivity index (χ2v) is 6.14. The Hall–Kier alpha value is -1.86. The SMILES string of the molecule is Cc1cc(C[C@@H]2COCCN(C(=O)c3cscn3)C2)ncn1. The summed E-state index contributed by atoms with van der Waals surface area (Å²) in [6.45, 7) is 4.43. The van der Waals surface area contributed by atoms with Crippen molar-refractivity contribution < 1.29 is 9.53 Å². The molecule has 0 aliphatic carbocycles.